The minimum Gasteiger partial charge on any atom is -0.446 e. The fraction of sp³-hybridized carbons (Fsp3) is 0.433. The Bertz CT molecular complexity index is 1610. The maximum Gasteiger partial charge on any atom is 0.410 e. The minimum absolute atomic E-state index is 0.0576. The maximum atomic E-state index is 14.0. The van der Waals surface area contributed by atoms with Crippen LogP contribution in [-0.2, 0) is 27.5 Å². The highest BCUT2D eigenvalue weighted by Crippen LogP contribution is 2.38. The average molecular weight is 604 g/mol. The van der Waals surface area contributed by atoms with Crippen LogP contribution in [0.25, 0.3) is 0 Å². The number of fused-ring (bicyclic) bond motifs is 1. The van der Waals surface area contributed by atoms with Gasteiger partial charge in [0.1, 0.15) is 11.9 Å². The third-order valence-electron chi connectivity index (χ3n) is 8.10. The molecule has 1 fully saturated rings. The van der Waals surface area contributed by atoms with Crippen LogP contribution in [0.1, 0.15) is 59.9 Å². The fourth-order valence-electron chi connectivity index (χ4n) is 5.83. The number of ether oxygens (including phenoxy) is 1. The summed E-state index contributed by atoms with van der Waals surface area (Å²) in [6, 6.07) is 15.2. The number of carbonyl (C=O) groups is 1. The van der Waals surface area contributed by atoms with Gasteiger partial charge >= 0.3 is 12.3 Å². The topological polar surface area (TPSA) is 98.6 Å². The van der Waals surface area contributed by atoms with E-state index < -0.39 is 40.2 Å². The van der Waals surface area contributed by atoms with E-state index in [1.54, 1.807) is 23.6 Å². The molecule has 0 bridgehead atoms. The number of amides is 1. The molecule has 0 N–H and O–H groups in total. The van der Waals surface area contributed by atoms with Gasteiger partial charge in [-0.2, -0.15) is 13.2 Å². The molecule has 2 aliphatic rings. The van der Waals surface area contributed by atoms with Crippen molar-refractivity contribution in [1.82, 2.24) is 14.5 Å². The summed E-state index contributed by atoms with van der Waals surface area (Å²) in [5.41, 5.74) is 2.21. The van der Waals surface area contributed by atoms with Crippen molar-refractivity contribution in [2.75, 3.05) is 12.8 Å². The molecule has 2 aromatic carbocycles. The molecule has 1 aliphatic carbocycles. The van der Waals surface area contributed by atoms with Gasteiger partial charge in [0.25, 0.3) is 5.56 Å². The van der Waals surface area contributed by atoms with Gasteiger partial charge in [0.05, 0.1) is 29.1 Å². The minimum atomic E-state index is -4.24. The van der Waals surface area contributed by atoms with E-state index in [9.17, 15) is 31.2 Å². The number of nitrogens with zero attached hydrogens (tertiary/aromatic N) is 3. The molecule has 8 nitrogen and oxygen atoms in total. The van der Waals surface area contributed by atoms with Crippen molar-refractivity contribution in [3.05, 3.63) is 93.2 Å². The first-order chi connectivity index (χ1) is 19.8. The first-order valence-corrected chi connectivity index (χ1v) is 15.7. The average Bonchev–Trinajstić information content (AvgIpc) is 2.95. The van der Waals surface area contributed by atoms with E-state index in [1.807, 2.05) is 30.3 Å². The molecule has 0 spiro atoms. The van der Waals surface area contributed by atoms with E-state index >= 15 is 0 Å². The Balaban J connectivity index is 1.39. The van der Waals surface area contributed by atoms with Gasteiger partial charge in [-0.3, -0.25) is 9.36 Å². The Morgan fingerprint density at radius 3 is 2.21 bits per heavy atom. The lowest BCUT2D eigenvalue weighted by Crippen LogP contribution is -2.43. The van der Waals surface area contributed by atoms with Crippen molar-refractivity contribution < 1.29 is 31.1 Å². The lowest BCUT2D eigenvalue weighted by atomic mass is 9.87. The molecule has 224 valence electrons. The molecule has 1 aromatic heterocycles. The summed E-state index contributed by atoms with van der Waals surface area (Å²) in [5, 5.41) is 0. The Morgan fingerprint density at radius 2 is 1.62 bits per heavy atom. The molecule has 1 amide bonds. The van der Waals surface area contributed by atoms with E-state index in [0.29, 0.717) is 22.6 Å². The van der Waals surface area contributed by atoms with E-state index in [-0.39, 0.29) is 55.6 Å². The number of aromatic nitrogens is 2. The number of hydrogen-bond acceptors (Lipinski definition) is 6. The Hall–Kier alpha value is -3.67. The first-order valence-electron chi connectivity index (χ1n) is 13.8. The molecule has 5 rings (SSSR count). The van der Waals surface area contributed by atoms with Crippen LogP contribution in [0.5, 0.6) is 0 Å². The molecule has 0 radical (unpaired) electrons. The zero-order valence-corrected chi connectivity index (χ0v) is 24.1. The van der Waals surface area contributed by atoms with Gasteiger partial charge in [-0.1, -0.05) is 42.5 Å². The highest BCUT2D eigenvalue weighted by molar-refractivity contribution is 7.90. The van der Waals surface area contributed by atoms with Crippen LogP contribution in [0.4, 0.5) is 18.0 Å². The molecule has 1 aliphatic heterocycles. The zero-order chi connectivity index (χ0) is 30.2. The van der Waals surface area contributed by atoms with Gasteiger partial charge < -0.3 is 9.64 Å². The number of carbonyl (C=O) groups excluding carboxylic acids is 1. The first kappa shape index (κ1) is 29.8. The molecule has 2 heterocycles. The smallest absolute Gasteiger partial charge is 0.410 e. The van der Waals surface area contributed by atoms with Gasteiger partial charge in [-0.25, -0.2) is 18.2 Å². The lowest BCUT2D eigenvalue weighted by molar-refractivity contribution is -0.186. The second-order valence-electron chi connectivity index (χ2n) is 11.0. The summed E-state index contributed by atoms with van der Waals surface area (Å²) >= 11 is 0. The number of alkyl halides is 3. The van der Waals surface area contributed by atoms with Crippen LogP contribution >= 0.6 is 0 Å². The van der Waals surface area contributed by atoms with Crippen LogP contribution < -0.4 is 5.56 Å². The standard InChI is InChI=1S/C30H32F3N3O5S/c1-19-34-26-18-35(29(38)41-23-12-10-22(11-13-23)30(31,32)33)17-16-25(26)28(37)36(19)27(20-6-4-3-5-7-20)21-8-14-24(15-9-21)42(2,39)40/h3-9,14-15,22-23,27H,10-13,16-18H2,1-2H3/t22-,23-,27?. The van der Waals surface area contributed by atoms with E-state index in [1.165, 1.54) is 17.0 Å². The van der Waals surface area contributed by atoms with Crippen LogP contribution in [0, 0.1) is 12.8 Å². The predicted octanol–water partition coefficient (Wildman–Crippen LogP) is 5.21. The van der Waals surface area contributed by atoms with Gasteiger partial charge in [0.15, 0.2) is 9.84 Å². The highest BCUT2D eigenvalue weighted by atomic mass is 32.2. The van der Waals surface area contributed by atoms with Gasteiger partial charge in [-0.05, 0) is 62.3 Å². The number of halogens is 3. The zero-order valence-electron chi connectivity index (χ0n) is 23.3. The molecular formula is C30H32F3N3O5S. The lowest BCUT2D eigenvalue weighted by Gasteiger charge is -2.33. The molecule has 42 heavy (non-hydrogen) atoms. The number of rotatable bonds is 5. The van der Waals surface area contributed by atoms with E-state index in [2.05, 4.69) is 0 Å². The third-order valence-corrected chi connectivity index (χ3v) is 9.23. The SMILES string of the molecule is Cc1nc2c(c(=O)n1C(c1ccccc1)c1ccc(S(C)(=O)=O)cc1)CCN(C(=O)O[C@H]1CC[C@H](C(F)(F)F)CC1)C2. The summed E-state index contributed by atoms with van der Waals surface area (Å²) in [6.45, 7) is 1.98. The van der Waals surface area contributed by atoms with Crippen molar-refractivity contribution in [3.63, 3.8) is 0 Å². The summed E-state index contributed by atoms with van der Waals surface area (Å²) < 4.78 is 70.1. The van der Waals surface area contributed by atoms with Gasteiger partial charge in [-0.15, -0.1) is 0 Å². The normalized spacial score (nSPS) is 20.1. The number of sulfone groups is 1. The van der Waals surface area contributed by atoms with Gasteiger partial charge in [0.2, 0.25) is 0 Å². The highest BCUT2D eigenvalue weighted by Gasteiger charge is 2.42. The summed E-state index contributed by atoms with van der Waals surface area (Å²) in [7, 11) is -3.40. The summed E-state index contributed by atoms with van der Waals surface area (Å²) in [5.74, 6) is -0.943. The van der Waals surface area contributed by atoms with Crippen LogP contribution in [-0.4, -0.2) is 54.0 Å². The number of aryl methyl sites for hydroxylation is 1. The monoisotopic (exact) mass is 603 g/mol. The van der Waals surface area contributed by atoms with Crippen molar-refractivity contribution in [3.8, 4) is 0 Å². The van der Waals surface area contributed by atoms with Crippen molar-refractivity contribution in [2.45, 2.75) is 68.8 Å². The van der Waals surface area contributed by atoms with Crippen LogP contribution in [0.15, 0.2) is 64.3 Å². The molecule has 12 heteroatoms. The molecule has 1 saturated carbocycles. The Kier molecular flexibility index (Phi) is 8.19. The second kappa shape index (κ2) is 11.5. The number of hydrogen-bond donors (Lipinski definition) is 0. The quantitative estimate of drug-likeness (QED) is 0.397. The molecule has 3 aromatic rings. The van der Waals surface area contributed by atoms with Crippen molar-refractivity contribution >= 4 is 15.9 Å². The fourth-order valence-corrected chi connectivity index (χ4v) is 6.46. The Labute approximate surface area is 242 Å². The Morgan fingerprint density at radius 1 is 1.00 bits per heavy atom. The summed E-state index contributed by atoms with van der Waals surface area (Å²) in [4.78, 5) is 33.2. The second-order valence-corrected chi connectivity index (χ2v) is 13.0. The van der Waals surface area contributed by atoms with E-state index in [0.717, 1.165) is 11.8 Å². The van der Waals surface area contributed by atoms with Crippen molar-refractivity contribution in [2.24, 2.45) is 5.92 Å². The molecule has 0 saturated heterocycles. The third kappa shape index (κ3) is 6.23. The van der Waals surface area contributed by atoms with E-state index in [4.69, 9.17) is 9.72 Å². The van der Waals surface area contributed by atoms with Crippen molar-refractivity contribution in [1.29, 1.82) is 0 Å². The maximum absolute atomic E-state index is 14.0. The molecular weight excluding hydrogens is 571 g/mol. The number of benzene rings is 2. The molecule has 1 atom stereocenters. The summed E-state index contributed by atoms with van der Waals surface area (Å²) in [6.07, 6.45) is -3.85. The largest absolute Gasteiger partial charge is 0.446 e. The van der Waals surface area contributed by atoms with Crippen LogP contribution in [0.3, 0.4) is 0 Å². The predicted molar refractivity (Wildman–Crippen MR) is 149 cm³/mol. The van der Waals surface area contributed by atoms with Gasteiger partial charge in [0, 0.05) is 18.4 Å². The molecule has 1 unspecified atom stereocenters. The van der Waals surface area contributed by atoms with Crippen LogP contribution in [0.2, 0.25) is 0 Å².